The van der Waals surface area contributed by atoms with Crippen molar-refractivity contribution in [3.05, 3.63) is 97.5 Å². The molecule has 0 saturated heterocycles. The summed E-state index contributed by atoms with van der Waals surface area (Å²) >= 11 is 8.01. The number of benzene rings is 2. The molecule has 0 radical (unpaired) electrons. The Bertz CT molecular complexity index is 1230. The van der Waals surface area contributed by atoms with E-state index >= 15 is 0 Å². The summed E-state index contributed by atoms with van der Waals surface area (Å²) in [7, 11) is 0. The Balaban J connectivity index is 1.51. The smallest absolute Gasteiger partial charge is 0.226 e. The number of halogens is 1. The molecule has 1 aliphatic heterocycles. The summed E-state index contributed by atoms with van der Waals surface area (Å²) in [6.45, 7) is 8.34. The number of aryl methyl sites for hydroxylation is 2. The van der Waals surface area contributed by atoms with Gasteiger partial charge in [0.2, 0.25) is 5.89 Å². The van der Waals surface area contributed by atoms with Crippen LogP contribution in [0.1, 0.15) is 50.9 Å². The van der Waals surface area contributed by atoms with Crippen LogP contribution in [0.2, 0.25) is 5.02 Å². The Morgan fingerprint density at radius 2 is 1.84 bits per heavy atom. The molecule has 3 heterocycles. The first-order valence-electron chi connectivity index (χ1n) is 11.2. The van der Waals surface area contributed by atoms with Crippen LogP contribution in [0.5, 0.6) is 0 Å². The molecule has 0 bridgehead atoms. The minimum atomic E-state index is 0.249. The first-order valence-corrected chi connectivity index (χ1v) is 12.4. The average Bonchev–Trinajstić information content (AvgIpc) is 3.33. The molecule has 0 N–H and O–H groups in total. The summed E-state index contributed by atoms with van der Waals surface area (Å²) in [4.78, 5) is 10.4. The van der Waals surface area contributed by atoms with E-state index in [0.29, 0.717) is 10.9 Å². The average molecular weight is 463 g/mol. The maximum atomic E-state index is 6.05. The van der Waals surface area contributed by atoms with E-state index in [4.69, 9.17) is 21.0 Å². The maximum absolute atomic E-state index is 6.05. The van der Waals surface area contributed by atoms with Gasteiger partial charge in [-0.25, -0.2) is 4.98 Å². The van der Waals surface area contributed by atoms with Crippen LogP contribution in [0.15, 0.2) is 59.0 Å². The molecule has 0 unspecified atom stereocenters. The summed E-state index contributed by atoms with van der Waals surface area (Å²) in [5, 5.41) is 0.713. The van der Waals surface area contributed by atoms with Crippen molar-refractivity contribution < 1.29 is 4.42 Å². The van der Waals surface area contributed by atoms with E-state index in [-0.39, 0.29) is 6.04 Å². The number of aromatic nitrogens is 1. The van der Waals surface area contributed by atoms with E-state index in [1.807, 2.05) is 42.5 Å². The molecule has 2 aromatic carbocycles. The molecule has 4 aromatic rings. The molecular weight excluding hydrogens is 436 g/mol. The molecule has 0 spiro atoms. The van der Waals surface area contributed by atoms with Crippen molar-refractivity contribution >= 4 is 22.9 Å². The zero-order chi connectivity index (χ0) is 22.2. The Hall–Kier alpha value is -2.40. The van der Waals surface area contributed by atoms with Crippen LogP contribution in [0.4, 0.5) is 0 Å². The van der Waals surface area contributed by atoms with Crippen LogP contribution in [0, 0.1) is 13.8 Å². The lowest BCUT2D eigenvalue weighted by Crippen LogP contribution is -2.35. The standard InChI is InChI=1S/C27H27ClN2OS/c1-4-22-18(3)32-26-23(22)14-15-30(25(26)19-8-6-5-7-9-19)16-24-17(2)31-27(29-24)20-10-12-21(28)13-11-20/h5-13,25H,4,14-16H2,1-3H3/t25-/m0/s1. The molecule has 0 saturated carbocycles. The highest BCUT2D eigenvalue weighted by Crippen LogP contribution is 2.43. The Morgan fingerprint density at radius 3 is 2.56 bits per heavy atom. The molecular formula is C27H27ClN2OS. The van der Waals surface area contributed by atoms with Crippen molar-refractivity contribution in [1.82, 2.24) is 9.88 Å². The molecule has 32 heavy (non-hydrogen) atoms. The van der Waals surface area contributed by atoms with Gasteiger partial charge in [0.15, 0.2) is 0 Å². The molecule has 5 rings (SSSR count). The maximum Gasteiger partial charge on any atom is 0.226 e. The molecule has 0 aliphatic carbocycles. The monoisotopic (exact) mass is 462 g/mol. The molecule has 2 aromatic heterocycles. The number of nitrogens with zero attached hydrogens (tertiary/aromatic N) is 2. The molecule has 1 aliphatic rings. The molecule has 3 nitrogen and oxygen atoms in total. The van der Waals surface area contributed by atoms with Gasteiger partial charge in [-0.2, -0.15) is 0 Å². The zero-order valence-corrected chi connectivity index (χ0v) is 20.3. The van der Waals surface area contributed by atoms with Gasteiger partial charge < -0.3 is 4.42 Å². The van der Waals surface area contributed by atoms with Crippen molar-refractivity contribution in [1.29, 1.82) is 0 Å². The minimum Gasteiger partial charge on any atom is -0.441 e. The van der Waals surface area contributed by atoms with Crippen molar-refractivity contribution in [3.63, 3.8) is 0 Å². The quantitative estimate of drug-likeness (QED) is 0.309. The third kappa shape index (κ3) is 3.92. The highest BCUT2D eigenvalue weighted by atomic mass is 35.5. The fourth-order valence-corrected chi connectivity index (χ4v) is 6.40. The van der Waals surface area contributed by atoms with E-state index < -0.39 is 0 Å². The van der Waals surface area contributed by atoms with Crippen LogP contribution in [0.3, 0.4) is 0 Å². The van der Waals surface area contributed by atoms with Crippen LogP contribution in [-0.2, 0) is 19.4 Å². The molecule has 1 atom stereocenters. The zero-order valence-electron chi connectivity index (χ0n) is 18.7. The molecule has 0 fully saturated rings. The first kappa shape index (κ1) is 21.4. The number of thiophene rings is 1. The van der Waals surface area contributed by atoms with Gasteiger partial charge in [0, 0.05) is 33.4 Å². The molecule has 5 heteroatoms. The summed E-state index contributed by atoms with van der Waals surface area (Å²) < 4.78 is 6.05. The van der Waals surface area contributed by atoms with Crippen LogP contribution < -0.4 is 0 Å². The van der Waals surface area contributed by atoms with Gasteiger partial charge in [-0.05, 0) is 67.6 Å². The summed E-state index contributed by atoms with van der Waals surface area (Å²) in [5.74, 6) is 1.53. The predicted octanol–water partition coefficient (Wildman–Crippen LogP) is 7.38. The van der Waals surface area contributed by atoms with E-state index in [1.165, 1.54) is 15.3 Å². The number of oxazole rings is 1. The van der Waals surface area contributed by atoms with Gasteiger partial charge in [-0.15, -0.1) is 11.3 Å². The number of rotatable bonds is 5. The van der Waals surface area contributed by atoms with E-state index in [0.717, 1.165) is 42.9 Å². The van der Waals surface area contributed by atoms with Gasteiger partial charge in [0.1, 0.15) is 5.76 Å². The van der Waals surface area contributed by atoms with Crippen molar-refractivity contribution in [2.45, 2.75) is 46.2 Å². The van der Waals surface area contributed by atoms with E-state index in [1.54, 1.807) is 11.1 Å². The van der Waals surface area contributed by atoms with E-state index in [2.05, 4.69) is 49.1 Å². The van der Waals surface area contributed by atoms with Gasteiger partial charge in [0.25, 0.3) is 0 Å². The van der Waals surface area contributed by atoms with Crippen molar-refractivity contribution in [3.8, 4) is 11.5 Å². The minimum absolute atomic E-state index is 0.249. The Kier molecular flexibility index (Phi) is 5.93. The van der Waals surface area contributed by atoms with Crippen molar-refractivity contribution in [2.24, 2.45) is 0 Å². The lowest BCUT2D eigenvalue weighted by molar-refractivity contribution is 0.204. The number of hydrogen-bond acceptors (Lipinski definition) is 4. The predicted molar refractivity (Wildman–Crippen MR) is 133 cm³/mol. The van der Waals surface area contributed by atoms with Crippen molar-refractivity contribution in [2.75, 3.05) is 6.54 Å². The Morgan fingerprint density at radius 1 is 1.09 bits per heavy atom. The number of fused-ring (bicyclic) bond motifs is 1. The van der Waals surface area contributed by atoms with E-state index in [9.17, 15) is 0 Å². The fraction of sp³-hybridized carbons (Fsp3) is 0.296. The highest BCUT2D eigenvalue weighted by Gasteiger charge is 2.33. The van der Waals surface area contributed by atoms with Gasteiger partial charge >= 0.3 is 0 Å². The summed E-state index contributed by atoms with van der Waals surface area (Å²) in [6.07, 6.45) is 2.19. The summed E-state index contributed by atoms with van der Waals surface area (Å²) in [5.41, 5.74) is 6.41. The summed E-state index contributed by atoms with van der Waals surface area (Å²) in [6, 6.07) is 18.8. The lowest BCUT2D eigenvalue weighted by atomic mass is 9.91. The van der Waals surface area contributed by atoms with Crippen LogP contribution >= 0.6 is 22.9 Å². The largest absolute Gasteiger partial charge is 0.441 e. The number of hydrogen-bond donors (Lipinski definition) is 0. The highest BCUT2D eigenvalue weighted by molar-refractivity contribution is 7.12. The van der Waals surface area contributed by atoms with Gasteiger partial charge in [0.05, 0.1) is 11.7 Å². The SMILES string of the molecule is CCc1c(C)sc2c1CCN(Cc1nc(-c3ccc(Cl)cc3)oc1C)[C@H]2c1ccccc1. The fourth-order valence-electron chi connectivity index (χ4n) is 4.81. The topological polar surface area (TPSA) is 29.3 Å². The third-order valence-electron chi connectivity index (χ3n) is 6.42. The second-order valence-corrected chi connectivity index (χ2v) is 10.1. The van der Waals surface area contributed by atoms with Crippen LogP contribution in [-0.4, -0.2) is 16.4 Å². The third-order valence-corrected chi connectivity index (χ3v) is 7.91. The van der Waals surface area contributed by atoms with Crippen LogP contribution in [0.25, 0.3) is 11.5 Å². The van der Waals surface area contributed by atoms with Gasteiger partial charge in [-0.1, -0.05) is 48.9 Å². The second-order valence-electron chi connectivity index (χ2n) is 8.40. The molecule has 0 amide bonds. The second kappa shape index (κ2) is 8.86. The van der Waals surface area contributed by atoms with Gasteiger partial charge in [-0.3, -0.25) is 4.90 Å². The molecule has 164 valence electrons. The first-order chi connectivity index (χ1) is 15.5. The normalized spacial score (nSPS) is 16.3. The Labute approximate surface area is 198 Å². The lowest BCUT2D eigenvalue weighted by Gasteiger charge is -2.36.